The van der Waals surface area contributed by atoms with E-state index in [9.17, 15) is 9.18 Å². The average molecular weight is 306 g/mol. The number of carbonyl (C=O) groups excluding carboxylic acids is 1. The zero-order valence-corrected chi connectivity index (χ0v) is 11.1. The van der Waals surface area contributed by atoms with E-state index in [2.05, 4.69) is 15.9 Å². The highest BCUT2D eigenvalue weighted by Crippen LogP contribution is 2.29. The van der Waals surface area contributed by atoms with Crippen molar-refractivity contribution in [3.05, 3.63) is 22.4 Å². The molecule has 17 heavy (non-hydrogen) atoms. The van der Waals surface area contributed by atoms with E-state index < -0.39 is 17.9 Å². The molecule has 0 fully saturated rings. The van der Waals surface area contributed by atoms with Crippen molar-refractivity contribution in [1.82, 2.24) is 0 Å². The molecular weight excluding hydrogens is 293 g/mol. The van der Waals surface area contributed by atoms with Gasteiger partial charge < -0.3 is 15.2 Å². The number of rotatable bonds is 4. The Morgan fingerprint density at radius 2 is 2.24 bits per heavy atom. The fraction of sp³-hybridized carbons (Fsp3) is 0.364. The van der Waals surface area contributed by atoms with Crippen molar-refractivity contribution in [1.29, 1.82) is 0 Å². The summed E-state index contributed by atoms with van der Waals surface area (Å²) in [6.07, 6.45) is -0.835. The van der Waals surface area contributed by atoms with Crippen LogP contribution in [0.25, 0.3) is 0 Å². The van der Waals surface area contributed by atoms with Crippen LogP contribution in [0.1, 0.15) is 13.8 Å². The third kappa shape index (κ3) is 3.59. The summed E-state index contributed by atoms with van der Waals surface area (Å²) in [6.45, 7) is 3.46. The lowest BCUT2D eigenvalue weighted by molar-refractivity contribution is -0.150. The summed E-state index contributed by atoms with van der Waals surface area (Å²) in [4.78, 5) is 11.3. The minimum absolute atomic E-state index is 0.117. The monoisotopic (exact) mass is 305 g/mol. The van der Waals surface area contributed by atoms with E-state index in [4.69, 9.17) is 15.2 Å². The highest BCUT2D eigenvalue weighted by Gasteiger charge is 2.18. The van der Waals surface area contributed by atoms with Gasteiger partial charge in [0.25, 0.3) is 0 Å². The Morgan fingerprint density at radius 1 is 1.59 bits per heavy atom. The fourth-order valence-electron chi connectivity index (χ4n) is 1.14. The smallest absolute Gasteiger partial charge is 0.347 e. The number of halogens is 2. The number of nitrogen functional groups attached to an aromatic ring is 1. The topological polar surface area (TPSA) is 61.5 Å². The Labute approximate surface area is 107 Å². The molecule has 94 valence electrons. The van der Waals surface area contributed by atoms with Gasteiger partial charge in [0.1, 0.15) is 11.6 Å². The average Bonchev–Trinajstić information content (AvgIpc) is 2.26. The van der Waals surface area contributed by atoms with Crippen LogP contribution in [0, 0.1) is 5.82 Å². The van der Waals surface area contributed by atoms with Crippen LogP contribution in [0.4, 0.5) is 10.1 Å². The molecule has 0 bridgehead atoms. The third-order valence-electron chi connectivity index (χ3n) is 1.97. The molecule has 0 heterocycles. The number of nitrogens with two attached hydrogens (primary N) is 1. The van der Waals surface area contributed by atoms with Crippen molar-refractivity contribution in [3.8, 4) is 5.75 Å². The van der Waals surface area contributed by atoms with Crippen molar-refractivity contribution >= 4 is 27.6 Å². The molecule has 2 N–H and O–H groups in total. The summed E-state index contributed by atoms with van der Waals surface area (Å²) in [7, 11) is 0. The number of esters is 1. The zero-order chi connectivity index (χ0) is 13.0. The van der Waals surface area contributed by atoms with Crippen molar-refractivity contribution in [2.75, 3.05) is 12.3 Å². The second kappa shape index (κ2) is 5.86. The molecule has 1 unspecified atom stereocenters. The van der Waals surface area contributed by atoms with E-state index in [-0.39, 0.29) is 22.5 Å². The van der Waals surface area contributed by atoms with Crippen LogP contribution in [-0.4, -0.2) is 18.7 Å². The largest absolute Gasteiger partial charge is 0.477 e. The van der Waals surface area contributed by atoms with Gasteiger partial charge in [-0.2, -0.15) is 0 Å². The summed E-state index contributed by atoms with van der Waals surface area (Å²) in [6, 6.07) is 2.50. The minimum Gasteiger partial charge on any atom is -0.477 e. The summed E-state index contributed by atoms with van der Waals surface area (Å²) >= 11 is 3.00. The highest BCUT2D eigenvalue weighted by atomic mass is 79.9. The maximum absolute atomic E-state index is 13.3. The molecule has 1 atom stereocenters. The van der Waals surface area contributed by atoms with Gasteiger partial charge in [-0.1, -0.05) is 0 Å². The number of anilines is 1. The van der Waals surface area contributed by atoms with Crippen LogP contribution in [0.2, 0.25) is 0 Å². The van der Waals surface area contributed by atoms with E-state index in [1.165, 1.54) is 13.0 Å². The molecule has 1 rings (SSSR count). The van der Waals surface area contributed by atoms with E-state index in [1.54, 1.807) is 6.92 Å². The van der Waals surface area contributed by atoms with Gasteiger partial charge in [0.05, 0.1) is 16.8 Å². The van der Waals surface area contributed by atoms with E-state index >= 15 is 0 Å². The normalized spacial score (nSPS) is 12.0. The van der Waals surface area contributed by atoms with Crippen molar-refractivity contribution in [2.45, 2.75) is 20.0 Å². The highest BCUT2D eigenvalue weighted by molar-refractivity contribution is 9.10. The van der Waals surface area contributed by atoms with Gasteiger partial charge in [-0.15, -0.1) is 0 Å². The van der Waals surface area contributed by atoms with E-state index in [1.807, 2.05) is 0 Å². The second-order valence-electron chi connectivity index (χ2n) is 3.32. The van der Waals surface area contributed by atoms with Crippen molar-refractivity contribution in [3.63, 3.8) is 0 Å². The molecular formula is C11H13BrFNO3. The van der Waals surface area contributed by atoms with E-state index in [0.29, 0.717) is 0 Å². The predicted molar refractivity (Wildman–Crippen MR) is 65.2 cm³/mol. The lowest BCUT2D eigenvalue weighted by atomic mass is 10.3. The lowest BCUT2D eigenvalue weighted by Gasteiger charge is -2.15. The van der Waals surface area contributed by atoms with Gasteiger partial charge >= 0.3 is 5.97 Å². The van der Waals surface area contributed by atoms with Crippen LogP contribution >= 0.6 is 15.9 Å². The summed E-state index contributed by atoms with van der Waals surface area (Å²) < 4.78 is 23.5. The number of ether oxygens (including phenoxy) is 2. The zero-order valence-electron chi connectivity index (χ0n) is 9.50. The first-order chi connectivity index (χ1) is 7.95. The molecule has 0 aliphatic carbocycles. The molecule has 0 aliphatic heterocycles. The van der Waals surface area contributed by atoms with Gasteiger partial charge in [0.2, 0.25) is 0 Å². The van der Waals surface area contributed by atoms with Gasteiger partial charge in [-0.25, -0.2) is 9.18 Å². The number of hydrogen-bond acceptors (Lipinski definition) is 4. The molecule has 0 saturated heterocycles. The fourth-order valence-corrected chi connectivity index (χ4v) is 1.51. The molecule has 4 nitrogen and oxygen atoms in total. The van der Waals surface area contributed by atoms with Crippen LogP contribution in [0.15, 0.2) is 16.6 Å². The minimum atomic E-state index is -0.835. The van der Waals surface area contributed by atoms with E-state index in [0.717, 1.165) is 6.07 Å². The van der Waals surface area contributed by atoms with Crippen LogP contribution in [0.3, 0.4) is 0 Å². The number of carbonyl (C=O) groups is 1. The quantitative estimate of drug-likeness (QED) is 0.686. The van der Waals surface area contributed by atoms with Crippen LogP contribution in [-0.2, 0) is 9.53 Å². The summed E-state index contributed by atoms with van der Waals surface area (Å²) in [5.74, 6) is -0.910. The maximum Gasteiger partial charge on any atom is 0.347 e. The Kier molecular flexibility index (Phi) is 4.74. The molecule has 0 radical (unpaired) electrons. The van der Waals surface area contributed by atoms with Crippen LogP contribution in [0.5, 0.6) is 5.75 Å². The molecule has 0 amide bonds. The molecule has 0 aliphatic rings. The molecule has 1 aromatic rings. The molecule has 1 aromatic carbocycles. The number of hydrogen-bond donors (Lipinski definition) is 1. The second-order valence-corrected chi connectivity index (χ2v) is 4.17. The Hall–Kier alpha value is -1.30. The van der Waals surface area contributed by atoms with Gasteiger partial charge in [0, 0.05) is 6.07 Å². The van der Waals surface area contributed by atoms with Gasteiger partial charge in [-0.05, 0) is 35.8 Å². The Balaban J connectivity index is 2.81. The molecule has 0 spiro atoms. The third-order valence-corrected chi connectivity index (χ3v) is 2.58. The molecule has 6 heteroatoms. The standard InChI is InChI=1S/C11H13BrFNO3/c1-3-16-11(15)6(2)17-10-5-8(13)7(12)4-9(10)14/h4-6H,3,14H2,1-2H3. The lowest BCUT2D eigenvalue weighted by Crippen LogP contribution is -2.26. The summed E-state index contributed by atoms with van der Waals surface area (Å²) in [5, 5.41) is 0. The van der Waals surface area contributed by atoms with Crippen molar-refractivity contribution in [2.24, 2.45) is 0 Å². The first kappa shape index (κ1) is 13.8. The first-order valence-corrected chi connectivity index (χ1v) is 5.82. The Morgan fingerprint density at radius 3 is 2.82 bits per heavy atom. The van der Waals surface area contributed by atoms with Crippen molar-refractivity contribution < 1.29 is 18.7 Å². The Bertz CT molecular complexity index is 425. The molecule has 0 saturated carbocycles. The van der Waals surface area contributed by atoms with Crippen LogP contribution < -0.4 is 10.5 Å². The molecule has 0 aromatic heterocycles. The predicted octanol–water partition coefficient (Wildman–Crippen LogP) is 2.50. The number of benzene rings is 1. The van der Waals surface area contributed by atoms with Gasteiger partial charge in [0.15, 0.2) is 6.10 Å². The maximum atomic E-state index is 13.3. The SMILES string of the molecule is CCOC(=O)C(C)Oc1cc(F)c(Br)cc1N. The van der Waals surface area contributed by atoms with Gasteiger partial charge in [-0.3, -0.25) is 0 Å². The first-order valence-electron chi connectivity index (χ1n) is 5.03. The summed E-state index contributed by atoms with van der Waals surface area (Å²) in [5.41, 5.74) is 5.88.